The third-order valence-electron chi connectivity index (χ3n) is 5.80. The van der Waals surface area contributed by atoms with E-state index in [1.54, 1.807) is 12.0 Å². The molecular weight excluding hydrogens is 424 g/mol. The second kappa shape index (κ2) is 13.2. The zero-order valence-corrected chi connectivity index (χ0v) is 20.1. The summed E-state index contributed by atoms with van der Waals surface area (Å²) in [6.07, 6.45) is 2.32. The number of hydrogen-bond acceptors (Lipinski definition) is 3. The first-order valence-corrected chi connectivity index (χ1v) is 11.9. The van der Waals surface area contributed by atoms with Crippen LogP contribution in [-0.2, 0) is 29.0 Å². The van der Waals surface area contributed by atoms with E-state index in [-0.39, 0.29) is 11.8 Å². The molecule has 0 heterocycles. The molecule has 0 aliphatic rings. The Morgan fingerprint density at radius 1 is 0.853 bits per heavy atom. The lowest BCUT2D eigenvalue weighted by atomic mass is 10.0. The molecule has 0 bridgehead atoms. The van der Waals surface area contributed by atoms with Crippen LogP contribution in [0.1, 0.15) is 36.5 Å². The SMILES string of the molecule is CCCC(=O)N(Cc1ccccc1)[C@H](Cc1ccccc1)C(=O)NCCc1ccc(OC)cc1. The van der Waals surface area contributed by atoms with Crippen molar-refractivity contribution >= 4 is 11.8 Å². The van der Waals surface area contributed by atoms with Crippen molar-refractivity contribution in [1.82, 2.24) is 10.2 Å². The maximum atomic E-state index is 13.5. The van der Waals surface area contributed by atoms with Crippen LogP contribution in [0.3, 0.4) is 0 Å². The number of carbonyl (C=O) groups is 2. The van der Waals surface area contributed by atoms with Gasteiger partial charge in [0.05, 0.1) is 7.11 Å². The Hall–Kier alpha value is -3.60. The summed E-state index contributed by atoms with van der Waals surface area (Å²) in [7, 11) is 1.64. The first-order chi connectivity index (χ1) is 16.6. The number of nitrogens with zero attached hydrogens (tertiary/aromatic N) is 1. The average Bonchev–Trinajstić information content (AvgIpc) is 2.88. The summed E-state index contributed by atoms with van der Waals surface area (Å²) in [6, 6.07) is 27.0. The first kappa shape index (κ1) is 25.0. The highest BCUT2D eigenvalue weighted by Crippen LogP contribution is 2.17. The molecule has 0 spiro atoms. The summed E-state index contributed by atoms with van der Waals surface area (Å²) in [6.45, 7) is 2.89. The largest absolute Gasteiger partial charge is 0.497 e. The third-order valence-corrected chi connectivity index (χ3v) is 5.80. The highest BCUT2D eigenvalue weighted by atomic mass is 16.5. The summed E-state index contributed by atoms with van der Waals surface area (Å²) >= 11 is 0. The molecule has 2 amide bonds. The van der Waals surface area contributed by atoms with Gasteiger partial charge in [0.15, 0.2) is 0 Å². The Morgan fingerprint density at radius 3 is 2.06 bits per heavy atom. The lowest BCUT2D eigenvalue weighted by molar-refractivity contribution is -0.141. The van der Waals surface area contributed by atoms with Gasteiger partial charge in [0.1, 0.15) is 11.8 Å². The van der Waals surface area contributed by atoms with Gasteiger partial charge in [-0.25, -0.2) is 0 Å². The second-order valence-electron chi connectivity index (χ2n) is 8.35. The molecule has 1 N–H and O–H groups in total. The molecule has 0 radical (unpaired) electrons. The molecule has 3 aromatic carbocycles. The number of carbonyl (C=O) groups excluding carboxylic acids is 2. The van der Waals surface area contributed by atoms with Crippen LogP contribution in [-0.4, -0.2) is 36.4 Å². The van der Waals surface area contributed by atoms with E-state index in [4.69, 9.17) is 4.74 Å². The summed E-state index contributed by atoms with van der Waals surface area (Å²) < 4.78 is 5.21. The molecule has 3 aromatic rings. The van der Waals surface area contributed by atoms with Gasteiger partial charge in [0.2, 0.25) is 11.8 Å². The molecule has 3 rings (SSSR count). The number of nitrogens with one attached hydrogen (secondary N) is 1. The quantitative estimate of drug-likeness (QED) is 0.424. The van der Waals surface area contributed by atoms with Gasteiger partial charge in [-0.2, -0.15) is 0 Å². The fourth-order valence-corrected chi connectivity index (χ4v) is 3.93. The number of amides is 2. The molecule has 0 unspecified atom stereocenters. The number of rotatable bonds is 12. The van der Waals surface area contributed by atoms with Crippen molar-refractivity contribution in [2.24, 2.45) is 0 Å². The van der Waals surface area contributed by atoms with Crippen molar-refractivity contribution in [2.75, 3.05) is 13.7 Å². The molecule has 34 heavy (non-hydrogen) atoms. The zero-order chi connectivity index (χ0) is 24.2. The van der Waals surface area contributed by atoms with Gasteiger partial charge in [0, 0.05) is 25.9 Å². The normalized spacial score (nSPS) is 11.5. The Kier molecular flexibility index (Phi) is 9.71. The molecule has 0 aliphatic carbocycles. The minimum atomic E-state index is -0.586. The van der Waals surface area contributed by atoms with Crippen molar-refractivity contribution in [2.45, 2.75) is 45.2 Å². The molecule has 0 aromatic heterocycles. The van der Waals surface area contributed by atoms with Crippen molar-refractivity contribution in [3.8, 4) is 5.75 Å². The van der Waals surface area contributed by atoms with Crippen LogP contribution >= 0.6 is 0 Å². The van der Waals surface area contributed by atoms with Crippen molar-refractivity contribution < 1.29 is 14.3 Å². The number of benzene rings is 3. The monoisotopic (exact) mass is 458 g/mol. The molecule has 0 saturated carbocycles. The standard InChI is InChI=1S/C29H34N2O3/c1-3-10-28(32)31(22-25-13-8-5-9-14-25)27(21-24-11-6-4-7-12-24)29(33)30-20-19-23-15-17-26(34-2)18-16-23/h4-9,11-18,27H,3,10,19-22H2,1-2H3,(H,30,33)/t27-/m1/s1. The van der Waals surface area contributed by atoms with E-state index >= 15 is 0 Å². The van der Waals surface area contributed by atoms with E-state index in [0.29, 0.717) is 32.4 Å². The fraction of sp³-hybridized carbons (Fsp3) is 0.310. The highest BCUT2D eigenvalue weighted by molar-refractivity contribution is 5.88. The molecule has 5 heteroatoms. The summed E-state index contributed by atoms with van der Waals surface area (Å²) in [5, 5.41) is 3.08. The third kappa shape index (κ3) is 7.48. The highest BCUT2D eigenvalue weighted by Gasteiger charge is 2.29. The topological polar surface area (TPSA) is 58.6 Å². The molecule has 5 nitrogen and oxygen atoms in total. The second-order valence-corrected chi connectivity index (χ2v) is 8.35. The van der Waals surface area contributed by atoms with E-state index in [2.05, 4.69) is 5.32 Å². The van der Waals surface area contributed by atoms with Gasteiger partial charge in [-0.3, -0.25) is 9.59 Å². The predicted molar refractivity (Wildman–Crippen MR) is 136 cm³/mol. The molecule has 1 atom stereocenters. The first-order valence-electron chi connectivity index (χ1n) is 11.9. The zero-order valence-electron chi connectivity index (χ0n) is 20.1. The predicted octanol–water partition coefficient (Wildman–Crippen LogP) is 4.79. The van der Waals surface area contributed by atoms with Gasteiger partial charge >= 0.3 is 0 Å². The minimum absolute atomic E-state index is 0.00223. The molecule has 0 aliphatic heterocycles. The van der Waals surface area contributed by atoms with Crippen LogP contribution in [0.25, 0.3) is 0 Å². The molecular formula is C29H34N2O3. The van der Waals surface area contributed by atoms with E-state index in [0.717, 1.165) is 28.9 Å². The maximum absolute atomic E-state index is 13.5. The maximum Gasteiger partial charge on any atom is 0.243 e. The Bertz CT molecular complexity index is 1020. The molecule has 178 valence electrons. The van der Waals surface area contributed by atoms with Crippen LogP contribution < -0.4 is 10.1 Å². The summed E-state index contributed by atoms with van der Waals surface area (Å²) in [4.78, 5) is 28.4. The lowest BCUT2D eigenvalue weighted by Crippen LogP contribution is -2.50. The van der Waals surface area contributed by atoms with Crippen LogP contribution in [0.4, 0.5) is 0 Å². The van der Waals surface area contributed by atoms with Gasteiger partial charge in [-0.15, -0.1) is 0 Å². The number of methoxy groups -OCH3 is 1. The lowest BCUT2D eigenvalue weighted by Gasteiger charge is -2.31. The van der Waals surface area contributed by atoms with Crippen molar-refractivity contribution in [3.63, 3.8) is 0 Å². The summed E-state index contributed by atoms with van der Waals surface area (Å²) in [5.74, 6) is 0.678. The minimum Gasteiger partial charge on any atom is -0.497 e. The van der Waals surface area contributed by atoms with Gasteiger partial charge in [-0.1, -0.05) is 79.7 Å². The van der Waals surface area contributed by atoms with Crippen molar-refractivity contribution in [1.29, 1.82) is 0 Å². The Morgan fingerprint density at radius 2 is 1.47 bits per heavy atom. The van der Waals surface area contributed by atoms with Crippen molar-refractivity contribution in [3.05, 3.63) is 102 Å². The van der Waals surface area contributed by atoms with E-state index < -0.39 is 6.04 Å². The van der Waals surface area contributed by atoms with Gasteiger partial charge < -0.3 is 15.0 Å². The number of hydrogen-bond donors (Lipinski definition) is 1. The van der Waals surface area contributed by atoms with Crippen LogP contribution in [0, 0.1) is 0 Å². The van der Waals surface area contributed by atoms with Crippen LogP contribution in [0.2, 0.25) is 0 Å². The van der Waals surface area contributed by atoms with E-state index in [1.807, 2.05) is 91.9 Å². The van der Waals surface area contributed by atoms with E-state index in [1.165, 1.54) is 0 Å². The van der Waals surface area contributed by atoms with Gasteiger partial charge in [0.25, 0.3) is 0 Å². The summed E-state index contributed by atoms with van der Waals surface area (Å²) in [5.41, 5.74) is 3.15. The fourth-order valence-electron chi connectivity index (χ4n) is 3.93. The van der Waals surface area contributed by atoms with Crippen LogP contribution in [0.5, 0.6) is 5.75 Å². The van der Waals surface area contributed by atoms with Crippen LogP contribution in [0.15, 0.2) is 84.9 Å². The Labute approximate surface area is 202 Å². The van der Waals surface area contributed by atoms with Gasteiger partial charge in [-0.05, 0) is 41.7 Å². The molecule has 0 saturated heterocycles. The smallest absolute Gasteiger partial charge is 0.243 e. The Balaban J connectivity index is 1.77. The molecule has 0 fully saturated rings. The average molecular weight is 459 g/mol. The van der Waals surface area contributed by atoms with E-state index in [9.17, 15) is 9.59 Å². The number of ether oxygens (including phenoxy) is 1.